The summed E-state index contributed by atoms with van der Waals surface area (Å²) in [6, 6.07) is 9.49. The SMILES string of the molecule is NNC(CC1CCCc2ccccc21)C1CC1. The minimum atomic E-state index is 0.533. The van der Waals surface area contributed by atoms with E-state index in [-0.39, 0.29) is 0 Å². The van der Waals surface area contributed by atoms with E-state index in [4.69, 9.17) is 5.84 Å². The van der Waals surface area contributed by atoms with Gasteiger partial charge < -0.3 is 0 Å². The summed E-state index contributed by atoms with van der Waals surface area (Å²) in [7, 11) is 0. The number of aryl methyl sites for hydroxylation is 1. The summed E-state index contributed by atoms with van der Waals surface area (Å²) in [5, 5.41) is 0. The molecule has 2 unspecified atom stereocenters. The van der Waals surface area contributed by atoms with E-state index in [1.807, 2.05) is 0 Å². The van der Waals surface area contributed by atoms with Crippen LogP contribution in [0.3, 0.4) is 0 Å². The van der Waals surface area contributed by atoms with Gasteiger partial charge in [-0.2, -0.15) is 0 Å². The Hall–Kier alpha value is -0.860. The second-order valence-electron chi connectivity index (χ2n) is 5.63. The Kier molecular flexibility index (Phi) is 3.17. The molecule has 92 valence electrons. The number of hydrogen-bond donors (Lipinski definition) is 2. The maximum Gasteiger partial charge on any atom is 0.0244 e. The highest BCUT2D eigenvalue weighted by Gasteiger charge is 2.33. The van der Waals surface area contributed by atoms with E-state index in [0.29, 0.717) is 6.04 Å². The van der Waals surface area contributed by atoms with E-state index >= 15 is 0 Å². The molecule has 0 bridgehead atoms. The van der Waals surface area contributed by atoms with Crippen molar-refractivity contribution >= 4 is 0 Å². The lowest BCUT2D eigenvalue weighted by atomic mass is 9.79. The summed E-state index contributed by atoms with van der Waals surface area (Å²) in [6.45, 7) is 0. The van der Waals surface area contributed by atoms with Crippen LogP contribution in [0.4, 0.5) is 0 Å². The number of fused-ring (bicyclic) bond motifs is 1. The first-order valence-corrected chi connectivity index (χ1v) is 6.92. The minimum Gasteiger partial charge on any atom is -0.271 e. The molecule has 1 aromatic rings. The molecule has 0 aromatic heterocycles. The van der Waals surface area contributed by atoms with Crippen molar-refractivity contribution in [1.29, 1.82) is 0 Å². The number of nitrogens with two attached hydrogens (primary N) is 1. The summed E-state index contributed by atoms with van der Waals surface area (Å²) in [4.78, 5) is 0. The zero-order valence-electron chi connectivity index (χ0n) is 10.4. The van der Waals surface area contributed by atoms with Gasteiger partial charge in [-0.3, -0.25) is 11.3 Å². The van der Waals surface area contributed by atoms with E-state index in [2.05, 4.69) is 29.7 Å². The van der Waals surface area contributed by atoms with Gasteiger partial charge in [-0.1, -0.05) is 24.3 Å². The molecular weight excluding hydrogens is 208 g/mol. The first-order chi connectivity index (χ1) is 8.38. The molecule has 2 heteroatoms. The highest BCUT2D eigenvalue weighted by atomic mass is 15.2. The summed E-state index contributed by atoms with van der Waals surface area (Å²) in [5.74, 6) is 7.27. The molecule has 0 heterocycles. The molecular formula is C15H22N2. The van der Waals surface area contributed by atoms with Crippen LogP contribution >= 0.6 is 0 Å². The van der Waals surface area contributed by atoms with Gasteiger partial charge >= 0.3 is 0 Å². The van der Waals surface area contributed by atoms with Crippen LogP contribution in [-0.4, -0.2) is 6.04 Å². The maximum absolute atomic E-state index is 5.70. The van der Waals surface area contributed by atoms with Crippen molar-refractivity contribution < 1.29 is 0 Å². The largest absolute Gasteiger partial charge is 0.271 e. The van der Waals surface area contributed by atoms with Crippen LogP contribution < -0.4 is 11.3 Å². The van der Waals surface area contributed by atoms with Crippen LogP contribution in [0.5, 0.6) is 0 Å². The molecule has 3 N–H and O–H groups in total. The van der Waals surface area contributed by atoms with Crippen molar-refractivity contribution in [2.45, 2.75) is 50.5 Å². The molecule has 0 amide bonds. The van der Waals surface area contributed by atoms with E-state index < -0.39 is 0 Å². The molecule has 2 nitrogen and oxygen atoms in total. The molecule has 2 atom stereocenters. The number of rotatable bonds is 4. The van der Waals surface area contributed by atoms with Crippen molar-refractivity contribution in [3.8, 4) is 0 Å². The minimum absolute atomic E-state index is 0.533. The van der Waals surface area contributed by atoms with Crippen LogP contribution in [0.2, 0.25) is 0 Å². The second-order valence-corrected chi connectivity index (χ2v) is 5.63. The number of hydrogen-bond acceptors (Lipinski definition) is 2. The lowest BCUT2D eigenvalue weighted by Gasteiger charge is -2.28. The second kappa shape index (κ2) is 4.79. The summed E-state index contributed by atoms with van der Waals surface area (Å²) in [5.41, 5.74) is 6.19. The van der Waals surface area contributed by atoms with Crippen molar-refractivity contribution in [2.24, 2.45) is 11.8 Å². The fourth-order valence-electron chi connectivity index (χ4n) is 3.30. The average Bonchev–Trinajstić information content (AvgIpc) is 3.20. The smallest absolute Gasteiger partial charge is 0.0244 e. The third kappa shape index (κ3) is 2.38. The lowest BCUT2D eigenvalue weighted by molar-refractivity contribution is 0.385. The molecule has 2 aliphatic rings. The quantitative estimate of drug-likeness (QED) is 0.616. The van der Waals surface area contributed by atoms with Crippen LogP contribution in [0, 0.1) is 5.92 Å². The Bertz CT molecular complexity index is 384. The molecule has 0 radical (unpaired) electrons. The topological polar surface area (TPSA) is 38.0 Å². The Morgan fingerprint density at radius 3 is 2.82 bits per heavy atom. The Morgan fingerprint density at radius 2 is 2.06 bits per heavy atom. The van der Waals surface area contributed by atoms with E-state index in [0.717, 1.165) is 11.8 Å². The molecule has 1 saturated carbocycles. The van der Waals surface area contributed by atoms with Gasteiger partial charge in [0.1, 0.15) is 0 Å². The van der Waals surface area contributed by atoms with Gasteiger partial charge in [0.05, 0.1) is 0 Å². The maximum atomic E-state index is 5.70. The van der Waals surface area contributed by atoms with Crippen LogP contribution in [0.1, 0.15) is 49.1 Å². The van der Waals surface area contributed by atoms with Gasteiger partial charge in [0.25, 0.3) is 0 Å². The van der Waals surface area contributed by atoms with E-state index in [1.54, 1.807) is 11.1 Å². The molecule has 3 rings (SSSR count). The third-order valence-corrected chi connectivity index (χ3v) is 4.44. The molecule has 1 aromatic carbocycles. The van der Waals surface area contributed by atoms with Gasteiger partial charge in [-0.15, -0.1) is 0 Å². The van der Waals surface area contributed by atoms with Crippen LogP contribution in [0.25, 0.3) is 0 Å². The standard InChI is InChI=1S/C15H22N2/c16-17-15(12-8-9-12)10-13-6-3-5-11-4-1-2-7-14(11)13/h1-2,4,7,12-13,15,17H,3,5-6,8-10,16H2. The number of nitrogens with one attached hydrogen (secondary N) is 1. The Labute approximate surface area is 104 Å². The normalized spacial score (nSPS) is 25.4. The van der Waals surface area contributed by atoms with E-state index in [1.165, 1.54) is 38.5 Å². The van der Waals surface area contributed by atoms with E-state index in [9.17, 15) is 0 Å². The summed E-state index contributed by atoms with van der Waals surface area (Å²) >= 11 is 0. The number of benzene rings is 1. The van der Waals surface area contributed by atoms with Crippen molar-refractivity contribution in [2.75, 3.05) is 0 Å². The fraction of sp³-hybridized carbons (Fsp3) is 0.600. The predicted molar refractivity (Wildman–Crippen MR) is 70.6 cm³/mol. The molecule has 0 saturated heterocycles. The highest BCUT2D eigenvalue weighted by molar-refractivity contribution is 5.32. The monoisotopic (exact) mass is 230 g/mol. The van der Waals surface area contributed by atoms with Crippen molar-refractivity contribution in [3.05, 3.63) is 35.4 Å². The van der Waals surface area contributed by atoms with Gasteiger partial charge in [-0.25, -0.2) is 0 Å². The Morgan fingerprint density at radius 1 is 1.24 bits per heavy atom. The zero-order chi connectivity index (χ0) is 11.7. The van der Waals surface area contributed by atoms with Gasteiger partial charge in [0.15, 0.2) is 0 Å². The van der Waals surface area contributed by atoms with Crippen molar-refractivity contribution in [1.82, 2.24) is 5.43 Å². The highest BCUT2D eigenvalue weighted by Crippen LogP contribution is 2.40. The third-order valence-electron chi connectivity index (χ3n) is 4.44. The number of hydrazine groups is 1. The fourth-order valence-corrected chi connectivity index (χ4v) is 3.30. The van der Waals surface area contributed by atoms with Gasteiger partial charge in [0, 0.05) is 6.04 Å². The molecule has 2 aliphatic carbocycles. The van der Waals surface area contributed by atoms with Gasteiger partial charge in [0.2, 0.25) is 0 Å². The average molecular weight is 230 g/mol. The van der Waals surface area contributed by atoms with Crippen molar-refractivity contribution in [3.63, 3.8) is 0 Å². The first-order valence-electron chi connectivity index (χ1n) is 6.92. The zero-order valence-corrected chi connectivity index (χ0v) is 10.4. The lowest BCUT2D eigenvalue weighted by Crippen LogP contribution is -2.38. The summed E-state index contributed by atoms with van der Waals surface area (Å²) in [6.07, 6.45) is 7.88. The van der Waals surface area contributed by atoms with Crippen LogP contribution in [0.15, 0.2) is 24.3 Å². The molecule has 0 aliphatic heterocycles. The first kappa shape index (κ1) is 11.2. The Balaban J connectivity index is 1.75. The summed E-state index contributed by atoms with van der Waals surface area (Å²) < 4.78 is 0. The molecule has 1 fully saturated rings. The van der Waals surface area contributed by atoms with Crippen LogP contribution in [-0.2, 0) is 6.42 Å². The molecule has 17 heavy (non-hydrogen) atoms. The molecule has 0 spiro atoms. The van der Waals surface area contributed by atoms with Gasteiger partial charge in [-0.05, 0) is 61.5 Å². The predicted octanol–water partition coefficient (Wildman–Crippen LogP) is 2.74.